The summed E-state index contributed by atoms with van der Waals surface area (Å²) in [7, 11) is 1.76. The fourth-order valence-electron chi connectivity index (χ4n) is 5.28. The lowest BCUT2D eigenvalue weighted by molar-refractivity contribution is -0.963. The number of benzene rings is 2. The molecule has 3 aliphatic heterocycles. The van der Waals surface area contributed by atoms with Crippen LogP contribution in [0.4, 0.5) is 5.69 Å². The van der Waals surface area contributed by atoms with Gasteiger partial charge in [-0.1, -0.05) is 12.1 Å². The van der Waals surface area contributed by atoms with Crippen molar-refractivity contribution in [1.82, 2.24) is 0 Å². The highest BCUT2D eigenvalue weighted by Crippen LogP contribution is 2.32. The number of hydrogen-bond donors (Lipinski definition) is 2. The predicted molar refractivity (Wildman–Crippen MR) is 116 cm³/mol. The Bertz CT molecular complexity index is 859. The van der Waals surface area contributed by atoms with Crippen molar-refractivity contribution in [2.24, 2.45) is 0 Å². The average molecular weight is 412 g/mol. The first kappa shape index (κ1) is 19.5. The molecule has 0 amide bonds. The van der Waals surface area contributed by atoms with Crippen LogP contribution in [0.15, 0.2) is 42.5 Å². The van der Waals surface area contributed by atoms with Gasteiger partial charge in [0.05, 0.1) is 58.1 Å². The van der Waals surface area contributed by atoms with Crippen molar-refractivity contribution < 1.29 is 24.0 Å². The zero-order valence-electron chi connectivity index (χ0n) is 17.9. The molecule has 6 nitrogen and oxygen atoms in total. The van der Waals surface area contributed by atoms with Crippen LogP contribution in [0.3, 0.4) is 0 Å². The van der Waals surface area contributed by atoms with E-state index >= 15 is 0 Å². The van der Waals surface area contributed by atoms with E-state index in [1.807, 2.05) is 6.07 Å². The van der Waals surface area contributed by atoms with E-state index in [-0.39, 0.29) is 0 Å². The number of likely N-dealkylation sites (tertiary alicyclic amines) is 1. The summed E-state index contributed by atoms with van der Waals surface area (Å²) in [6, 6.07) is 15.6. The molecule has 0 aromatic heterocycles. The Morgan fingerprint density at radius 1 is 0.967 bits per heavy atom. The molecule has 6 heteroatoms. The number of anilines is 1. The van der Waals surface area contributed by atoms with E-state index in [2.05, 4.69) is 41.3 Å². The molecular weight excluding hydrogens is 378 g/mol. The summed E-state index contributed by atoms with van der Waals surface area (Å²) in [5.74, 6) is 2.77. The second kappa shape index (κ2) is 8.74. The van der Waals surface area contributed by atoms with Crippen molar-refractivity contribution in [1.29, 1.82) is 0 Å². The molecule has 0 aliphatic carbocycles. The molecule has 0 spiro atoms. The van der Waals surface area contributed by atoms with Gasteiger partial charge < -0.3 is 28.9 Å². The van der Waals surface area contributed by atoms with Gasteiger partial charge in [0.15, 0.2) is 11.5 Å². The lowest BCUT2D eigenvalue weighted by atomic mass is 10.0. The van der Waals surface area contributed by atoms with Crippen LogP contribution in [0.5, 0.6) is 17.2 Å². The third kappa shape index (κ3) is 4.07. The SMILES string of the molecule is COc1ccccc1N1CC[NH+](C2CC[NH+](Cc3ccc4c(c3)OCO4)CC2)CC1. The average Bonchev–Trinajstić information content (AvgIpc) is 3.28. The van der Waals surface area contributed by atoms with Gasteiger partial charge in [0.25, 0.3) is 0 Å². The number of piperazine rings is 1. The number of rotatable bonds is 5. The molecule has 2 fully saturated rings. The van der Waals surface area contributed by atoms with Crippen molar-refractivity contribution in [2.45, 2.75) is 25.4 Å². The molecule has 2 aromatic carbocycles. The first-order valence-electron chi connectivity index (χ1n) is 11.2. The monoisotopic (exact) mass is 411 g/mol. The Kier molecular flexibility index (Phi) is 5.69. The molecule has 3 heterocycles. The normalized spacial score (nSPS) is 24.1. The Hall–Kier alpha value is -2.44. The molecule has 0 bridgehead atoms. The molecule has 5 rings (SSSR count). The second-order valence-electron chi connectivity index (χ2n) is 8.71. The van der Waals surface area contributed by atoms with Gasteiger partial charge >= 0.3 is 0 Å². The second-order valence-corrected chi connectivity index (χ2v) is 8.71. The molecular formula is C24H33N3O3+2. The summed E-state index contributed by atoms with van der Waals surface area (Å²) < 4.78 is 16.5. The summed E-state index contributed by atoms with van der Waals surface area (Å²) in [5.41, 5.74) is 2.59. The first-order chi connectivity index (χ1) is 14.8. The summed E-state index contributed by atoms with van der Waals surface area (Å²) >= 11 is 0. The number of nitrogens with zero attached hydrogens (tertiary/aromatic N) is 1. The number of nitrogens with one attached hydrogen (secondary N) is 2. The zero-order valence-corrected chi connectivity index (χ0v) is 17.9. The topological polar surface area (TPSA) is 39.8 Å². The molecule has 160 valence electrons. The predicted octanol–water partition coefficient (Wildman–Crippen LogP) is 0.376. The maximum absolute atomic E-state index is 5.56. The minimum Gasteiger partial charge on any atom is -0.495 e. The van der Waals surface area contributed by atoms with Crippen molar-refractivity contribution >= 4 is 5.69 Å². The van der Waals surface area contributed by atoms with Crippen LogP contribution in [0, 0.1) is 0 Å². The summed E-state index contributed by atoms with van der Waals surface area (Å²) in [6.07, 6.45) is 2.65. The van der Waals surface area contributed by atoms with Crippen LogP contribution in [0.2, 0.25) is 0 Å². The van der Waals surface area contributed by atoms with Gasteiger partial charge in [0.1, 0.15) is 12.3 Å². The van der Waals surface area contributed by atoms with Crippen molar-refractivity contribution in [3.63, 3.8) is 0 Å². The molecule has 3 aliphatic rings. The number of quaternary nitrogens is 2. The Morgan fingerprint density at radius 3 is 2.53 bits per heavy atom. The van der Waals surface area contributed by atoms with Crippen LogP contribution in [0.25, 0.3) is 0 Å². The highest BCUT2D eigenvalue weighted by Gasteiger charge is 2.33. The van der Waals surface area contributed by atoms with Crippen molar-refractivity contribution in [3.05, 3.63) is 48.0 Å². The zero-order chi connectivity index (χ0) is 20.3. The third-order valence-corrected chi connectivity index (χ3v) is 6.99. The molecule has 0 saturated carbocycles. The number of fused-ring (bicyclic) bond motifs is 1. The summed E-state index contributed by atoms with van der Waals surface area (Å²) in [5, 5.41) is 0. The Labute approximate surface area is 178 Å². The van der Waals surface area contributed by atoms with Gasteiger partial charge in [-0.25, -0.2) is 0 Å². The van der Waals surface area contributed by atoms with Gasteiger partial charge in [-0.05, 0) is 30.3 Å². The highest BCUT2D eigenvalue weighted by atomic mass is 16.7. The molecule has 0 atom stereocenters. The minimum atomic E-state index is 0.351. The highest BCUT2D eigenvalue weighted by molar-refractivity contribution is 5.58. The molecule has 0 radical (unpaired) electrons. The van der Waals surface area contributed by atoms with Crippen LogP contribution in [-0.2, 0) is 6.54 Å². The molecule has 30 heavy (non-hydrogen) atoms. The first-order valence-corrected chi connectivity index (χ1v) is 11.2. The van der Waals surface area contributed by atoms with E-state index in [1.165, 1.54) is 50.3 Å². The number of para-hydroxylation sites is 2. The lowest BCUT2D eigenvalue weighted by Crippen LogP contribution is -3.21. The molecule has 2 aromatic rings. The van der Waals surface area contributed by atoms with Crippen LogP contribution in [0.1, 0.15) is 18.4 Å². The smallest absolute Gasteiger partial charge is 0.231 e. The molecule has 2 saturated heterocycles. The number of methoxy groups -OCH3 is 1. The van der Waals surface area contributed by atoms with Gasteiger partial charge in [-0.2, -0.15) is 0 Å². The van der Waals surface area contributed by atoms with E-state index in [0.29, 0.717) is 6.79 Å². The summed E-state index contributed by atoms with van der Waals surface area (Å²) in [4.78, 5) is 5.97. The van der Waals surface area contributed by atoms with E-state index in [1.54, 1.807) is 16.9 Å². The minimum absolute atomic E-state index is 0.351. The van der Waals surface area contributed by atoms with Crippen LogP contribution in [-0.4, -0.2) is 59.2 Å². The standard InChI is InChI=1S/C24H31N3O3/c1-28-22-5-3-2-4-21(22)27-14-12-26(13-15-27)20-8-10-25(11-9-20)17-19-6-7-23-24(16-19)30-18-29-23/h2-7,16,20H,8-15,17-18H2,1H3/p+2. The van der Waals surface area contributed by atoms with Crippen molar-refractivity contribution in [2.75, 3.05) is 58.1 Å². The largest absolute Gasteiger partial charge is 0.495 e. The quantitative estimate of drug-likeness (QED) is 0.746. The third-order valence-electron chi connectivity index (χ3n) is 6.99. The van der Waals surface area contributed by atoms with Crippen LogP contribution >= 0.6 is 0 Å². The molecule has 0 unspecified atom stereocenters. The number of hydrogen-bond acceptors (Lipinski definition) is 4. The van der Waals surface area contributed by atoms with Gasteiger partial charge in [-0.3, -0.25) is 0 Å². The van der Waals surface area contributed by atoms with Gasteiger partial charge in [0, 0.05) is 18.4 Å². The fourth-order valence-corrected chi connectivity index (χ4v) is 5.28. The molecule has 2 N–H and O–H groups in total. The van der Waals surface area contributed by atoms with E-state index in [9.17, 15) is 0 Å². The van der Waals surface area contributed by atoms with E-state index < -0.39 is 0 Å². The Balaban J connectivity index is 1.11. The lowest BCUT2D eigenvalue weighted by Gasteiger charge is -2.40. The number of piperidine rings is 1. The van der Waals surface area contributed by atoms with E-state index in [4.69, 9.17) is 14.2 Å². The van der Waals surface area contributed by atoms with Gasteiger partial charge in [0.2, 0.25) is 6.79 Å². The van der Waals surface area contributed by atoms with Gasteiger partial charge in [-0.15, -0.1) is 0 Å². The summed E-state index contributed by atoms with van der Waals surface area (Å²) in [6.45, 7) is 8.63. The Morgan fingerprint density at radius 2 is 1.73 bits per heavy atom. The fraction of sp³-hybridized carbons (Fsp3) is 0.500. The van der Waals surface area contributed by atoms with Crippen molar-refractivity contribution in [3.8, 4) is 17.2 Å². The van der Waals surface area contributed by atoms with E-state index in [0.717, 1.165) is 42.9 Å². The maximum Gasteiger partial charge on any atom is 0.231 e. The maximum atomic E-state index is 5.56. The number of ether oxygens (including phenoxy) is 3. The van der Waals surface area contributed by atoms with Crippen LogP contribution < -0.4 is 28.9 Å².